The van der Waals surface area contributed by atoms with Crippen molar-refractivity contribution in [3.8, 4) is 11.1 Å². The first-order valence-corrected chi connectivity index (χ1v) is 14.1. The first-order valence-electron chi connectivity index (χ1n) is 13.5. The van der Waals surface area contributed by atoms with Crippen molar-refractivity contribution < 1.29 is 9.18 Å². The number of nitrogens with two attached hydrogens (primary N) is 1. The van der Waals surface area contributed by atoms with Gasteiger partial charge in [0.2, 0.25) is 0 Å². The molecule has 200 valence electrons. The number of carbonyl (C=O) groups is 1. The topological polar surface area (TPSA) is 89.9 Å². The van der Waals surface area contributed by atoms with Crippen molar-refractivity contribution in [1.82, 2.24) is 24.4 Å². The van der Waals surface area contributed by atoms with Gasteiger partial charge in [-0.15, -0.1) is 0 Å². The first kappa shape index (κ1) is 24.9. The van der Waals surface area contributed by atoms with Gasteiger partial charge < -0.3 is 10.3 Å². The number of rotatable bonds is 6. The summed E-state index contributed by atoms with van der Waals surface area (Å²) in [6.07, 6.45) is 8.14. The Labute approximate surface area is 229 Å². The summed E-state index contributed by atoms with van der Waals surface area (Å²) in [6, 6.07) is 12.5. The molecule has 2 aromatic carbocycles. The molecule has 39 heavy (non-hydrogen) atoms. The van der Waals surface area contributed by atoms with Crippen LogP contribution in [-0.4, -0.2) is 50.2 Å². The molecule has 2 N–H and O–H groups in total. The van der Waals surface area contributed by atoms with Gasteiger partial charge in [0.15, 0.2) is 0 Å². The van der Waals surface area contributed by atoms with Crippen molar-refractivity contribution in [1.29, 1.82) is 0 Å². The van der Waals surface area contributed by atoms with Gasteiger partial charge in [0.05, 0.1) is 28.7 Å². The lowest BCUT2D eigenvalue weighted by Crippen LogP contribution is -2.55. The fourth-order valence-corrected chi connectivity index (χ4v) is 7.42. The van der Waals surface area contributed by atoms with E-state index in [4.69, 9.17) is 10.7 Å². The van der Waals surface area contributed by atoms with E-state index in [1.807, 2.05) is 24.3 Å². The minimum atomic E-state index is -1.34. The highest BCUT2D eigenvalue weighted by Gasteiger charge is 2.53. The zero-order valence-electron chi connectivity index (χ0n) is 22.1. The first-order chi connectivity index (χ1) is 18.7. The Balaban J connectivity index is 1.32. The van der Waals surface area contributed by atoms with Crippen LogP contribution in [0.2, 0.25) is 0 Å². The van der Waals surface area contributed by atoms with Gasteiger partial charge in [-0.2, -0.15) is 0 Å². The molecule has 0 bridgehead atoms. The number of carbonyl (C=O) groups excluding carboxylic acids is 1. The molecule has 4 aromatic rings. The lowest BCUT2D eigenvalue weighted by atomic mass is 9.74. The number of nitrogens with zero attached hydrogens (tertiary/aromatic N) is 5. The van der Waals surface area contributed by atoms with Gasteiger partial charge in [0.25, 0.3) is 0 Å². The zero-order valence-corrected chi connectivity index (χ0v) is 23.3. The van der Waals surface area contributed by atoms with Gasteiger partial charge in [-0.3, -0.25) is 9.69 Å². The average molecular weight is 543 g/mol. The third-order valence-electron chi connectivity index (χ3n) is 8.70. The quantitative estimate of drug-likeness (QED) is 0.264. The maximum atomic E-state index is 14.1. The van der Waals surface area contributed by atoms with E-state index in [9.17, 15) is 9.18 Å². The maximum Gasteiger partial charge on any atom is 0.150 e. The Morgan fingerprint density at radius 2 is 1.87 bits per heavy atom. The summed E-state index contributed by atoms with van der Waals surface area (Å²) < 4.78 is 16.4. The van der Waals surface area contributed by atoms with Crippen LogP contribution in [0.4, 0.5) is 4.39 Å². The van der Waals surface area contributed by atoms with Gasteiger partial charge in [0, 0.05) is 36.4 Å². The van der Waals surface area contributed by atoms with Gasteiger partial charge in [0.1, 0.15) is 23.3 Å². The summed E-state index contributed by atoms with van der Waals surface area (Å²) in [5, 5.41) is -1.34. The Morgan fingerprint density at radius 3 is 2.51 bits per heavy atom. The Bertz CT molecular complexity index is 1600. The zero-order chi connectivity index (χ0) is 27.1. The molecule has 3 unspecified atom stereocenters. The molecular weight excluding hydrogens is 510 g/mol. The average Bonchev–Trinajstić information content (AvgIpc) is 3.58. The van der Waals surface area contributed by atoms with E-state index in [1.165, 1.54) is 18.4 Å². The molecule has 3 atom stereocenters. The lowest BCUT2D eigenvalue weighted by Gasteiger charge is -2.46. The number of imidazole rings is 1. The van der Waals surface area contributed by atoms with Crippen LogP contribution in [0, 0.1) is 0 Å². The lowest BCUT2D eigenvalue weighted by molar-refractivity contribution is 0.0595. The third-order valence-corrected chi connectivity index (χ3v) is 9.10. The standard InChI is InChI=1S/C30H32FN6OP/c1-36(2)25-11-24(26-19(14-38)4-3-5-21(26)17-6-7-17)37-23-10-18(8-9-22(23)35-27(25)37)20-12-33-28(34-13-20)29(32)15-30(31,39)16-29/h3-5,8-10,12-14,17,24-25H,6-7,11,15-16,32,39H2,1-2H3. The van der Waals surface area contributed by atoms with Crippen LogP contribution in [0.5, 0.6) is 0 Å². The van der Waals surface area contributed by atoms with E-state index in [0.717, 1.165) is 51.8 Å². The molecule has 2 aliphatic carbocycles. The molecule has 2 fully saturated rings. The van der Waals surface area contributed by atoms with Crippen molar-refractivity contribution in [2.75, 3.05) is 14.1 Å². The van der Waals surface area contributed by atoms with Gasteiger partial charge in [-0.1, -0.05) is 33.5 Å². The molecule has 3 aliphatic rings. The molecule has 0 radical (unpaired) electrons. The maximum absolute atomic E-state index is 14.1. The predicted molar refractivity (Wildman–Crippen MR) is 152 cm³/mol. The van der Waals surface area contributed by atoms with Crippen LogP contribution in [0.1, 0.15) is 83.2 Å². The summed E-state index contributed by atoms with van der Waals surface area (Å²) in [6.45, 7) is 0. The molecule has 0 amide bonds. The smallest absolute Gasteiger partial charge is 0.150 e. The van der Waals surface area contributed by atoms with Crippen molar-refractivity contribution in [2.45, 2.75) is 61.1 Å². The van der Waals surface area contributed by atoms with E-state index >= 15 is 0 Å². The van der Waals surface area contributed by atoms with Gasteiger partial charge >= 0.3 is 0 Å². The second-order valence-electron chi connectivity index (χ2n) is 11.9. The van der Waals surface area contributed by atoms with E-state index in [2.05, 4.69) is 54.9 Å². The molecular formula is C30H32FN6OP. The number of fused-ring (bicyclic) bond motifs is 3. The van der Waals surface area contributed by atoms with Crippen LogP contribution in [0.15, 0.2) is 48.8 Å². The van der Waals surface area contributed by atoms with E-state index < -0.39 is 10.9 Å². The second kappa shape index (κ2) is 8.72. The van der Waals surface area contributed by atoms with Crippen molar-refractivity contribution in [2.24, 2.45) is 5.73 Å². The fraction of sp³-hybridized carbons (Fsp3) is 0.400. The predicted octanol–water partition coefficient (Wildman–Crippen LogP) is 5.27. The highest BCUT2D eigenvalue weighted by molar-refractivity contribution is 7.18. The number of aromatic nitrogens is 4. The Hall–Kier alpha value is -3.06. The van der Waals surface area contributed by atoms with Crippen LogP contribution < -0.4 is 5.73 Å². The van der Waals surface area contributed by atoms with Gasteiger partial charge in [-0.05, 0) is 68.1 Å². The number of hydrogen-bond acceptors (Lipinski definition) is 6. The number of aldehydes is 1. The minimum Gasteiger partial charge on any atom is -0.319 e. The monoisotopic (exact) mass is 542 g/mol. The highest BCUT2D eigenvalue weighted by Crippen LogP contribution is 2.52. The number of alkyl halides is 1. The van der Waals surface area contributed by atoms with E-state index in [0.29, 0.717) is 11.7 Å². The molecule has 0 spiro atoms. The van der Waals surface area contributed by atoms with Crippen LogP contribution in [0.25, 0.3) is 22.2 Å². The minimum absolute atomic E-state index is 0.0203. The Kier molecular flexibility index (Phi) is 5.58. The second-order valence-corrected chi connectivity index (χ2v) is 12.9. The van der Waals surface area contributed by atoms with E-state index in [-0.39, 0.29) is 24.9 Å². The molecule has 7 rings (SSSR count). The number of benzene rings is 2. The molecule has 2 aromatic heterocycles. The fourth-order valence-electron chi connectivity index (χ4n) is 6.69. The van der Waals surface area contributed by atoms with Crippen LogP contribution in [0.3, 0.4) is 0 Å². The summed E-state index contributed by atoms with van der Waals surface area (Å²) >= 11 is 0. The molecule has 3 heterocycles. The number of halogens is 1. The molecule has 2 saturated carbocycles. The summed E-state index contributed by atoms with van der Waals surface area (Å²) in [7, 11) is 6.41. The molecule has 1 aliphatic heterocycles. The van der Waals surface area contributed by atoms with E-state index in [1.54, 1.807) is 12.4 Å². The van der Waals surface area contributed by atoms with Crippen LogP contribution in [-0.2, 0) is 5.54 Å². The SMILES string of the molecule is CN(C)C1CC(c2c(C=O)cccc2C2CC2)n2c1nc1ccc(-c3cnc(C4(N)CC(F)(P)C4)nc3)cc12. The third kappa shape index (κ3) is 4.03. The summed E-state index contributed by atoms with van der Waals surface area (Å²) in [4.78, 5) is 28.6. The van der Waals surface area contributed by atoms with Crippen molar-refractivity contribution >= 4 is 26.6 Å². The summed E-state index contributed by atoms with van der Waals surface area (Å²) in [5.41, 5.74) is 12.5. The molecule has 9 heteroatoms. The van der Waals surface area contributed by atoms with Crippen molar-refractivity contribution in [3.63, 3.8) is 0 Å². The normalized spacial score (nSPS) is 28.1. The summed E-state index contributed by atoms with van der Waals surface area (Å²) in [5.74, 6) is 2.02. The largest absolute Gasteiger partial charge is 0.319 e. The highest BCUT2D eigenvalue weighted by atomic mass is 31.0. The van der Waals surface area contributed by atoms with Crippen LogP contribution >= 0.6 is 9.24 Å². The van der Waals surface area contributed by atoms with Crippen molar-refractivity contribution in [3.05, 3.63) is 77.1 Å². The molecule has 7 nitrogen and oxygen atoms in total. The molecule has 0 saturated heterocycles. The van der Waals surface area contributed by atoms with Gasteiger partial charge in [-0.25, -0.2) is 19.3 Å². The Morgan fingerprint density at radius 1 is 1.13 bits per heavy atom. The number of hydrogen-bond donors (Lipinski definition) is 1.